The topological polar surface area (TPSA) is 20.3 Å². The van der Waals surface area contributed by atoms with Gasteiger partial charge in [-0.05, 0) is 49.9 Å². The highest BCUT2D eigenvalue weighted by atomic mass is 16.1. The second-order valence-corrected chi connectivity index (χ2v) is 4.46. The van der Waals surface area contributed by atoms with E-state index in [-0.39, 0.29) is 0 Å². The van der Waals surface area contributed by atoms with Crippen LogP contribution >= 0.6 is 0 Å². The average molecular weight is 217 g/mol. The molecule has 1 aromatic rings. The summed E-state index contributed by atoms with van der Waals surface area (Å²) in [6, 6.07) is 8.62. The molecule has 1 atom stereocenters. The number of hydrogen-bond donors (Lipinski definition) is 0. The third-order valence-electron chi connectivity index (χ3n) is 3.46. The summed E-state index contributed by atoms with van der Waals surface area (Å²) in [5.41, 5.74) is 2.02. The molecule has 86 valence electrons. The number of carbonyl (C=O) groups is 1. The maximum atomic E-state index is 10.6. The van der Waals surface area contributed by atoms with Crippen LogP contribution < -0.4 is 4.90 Å². The maximum Gasteiger partial charge on any atom is 0.150 e. The van der Waals surface area contributed by atoms with Crippen molar-refractivity contribution in [2.75, 3.05) is 11.4 Å². The van der Waals surface area contributed by atoms with E-state index in [4.69, 9.17) is 0 Å². The van der Waals surface area contributed by atoms with Crippen LogP contribution in [0, 0.1) is 0 Å². The monoisotopic (exact) mass is 217 g/mol. The minimum atomic E-state index is 0.677. The van der Waals surface area contributed by atoms with Gasteiger partial charge in [-0.15, -0.1) is 0 Å². The molecule has 2 heteroatoms. The number of nitrogens with zero attached hydrogens (tertiary/aromatic N) is 1. The van der Waals surface area contributed by atoms with Gasteiger partial charge in [-0.2, -0.15) is 0 Å². The molecule has 2 rings (SSSR count). The van der Waals surface area contributed by atoms with E-state index >= 15 is 0 Å². The first-order valence-electron chi connectivity index (χ1n) is 6.17. The Kier molecular flexibility index (Phi) is 3.60. The van der Waals surface area contributed by atoms with E-state index in [1.807, 2.05) is 12.1 Å². The van der Waals surface area contributed by atoms with Gasteiger partial charge in [-0.25, -0.2) is 0 Å². The van der Waals surface area contributed by atoms with Gasteiger partial charge in [-0.3, -0.25) is 4.79 Å². The Morgan fingerprint density at radius 3 is 2.69 bits per heavy atom. The Balaban J connectivity index is 2.17. The van der Waals surface area contributed by atoms with Gasteiger partial charge < -0.3 is 4.90 Å². The zero-order valence-electron chi connectivity index (χ0n) is 9.86. The van der Waals surface area contributed by atoms with Gasteiger partial charge >= 0.3 is 0 Å². The third-order valence-corrected chi connectivity index (χ3v) is 3.46. The predicted octanol–water partition coefficient (Wildman–Crippen LogP) is 3.27. The molecule has 0 bridgehead atoms. The van der Waals surface area contributed by atoms with E-state index < -0.39 is 0 Å². The zero-order valence-corrected chi connectivity index (χ0v) is 9.86. The van der Waals surface area contributed by atoms with Crippen LogP contribution in [0.5, 0.6) is 0 Å². The third kappa shape index (κ3) is 2.26. The number of aldehydes is 1. The predicted molar refractivity (Wildman–Crippen MR) is 67.1 cm³/mol. The first kappa shape index (κ1) is 11.2. The Labute approximate surface area is 97.3 Å². The van der Waals surface area contributed by atoms with Crippen LogP contribution in [0.15, 0.2) is 24.3 Å². The summed E-state index contributed by atoms with van der Waals surface area (Å²) in [5, 5.41) is 0. The zero-order chi connectivity index (χ0) is 11.4. The fourth-order valence-electron chi connectivity index (χ4n) is 2.51. The fourth-order valence-corrected chi connectivity index (χ4v) is 2.51. The van der Waals surface area contributed by atoms with Crippen LogP contribution in [-0.2, 0) is 0 Å². The van der Waals surface area contributed by atoms with Crippen molar-refractivity contribution in [1.29, 1.82) is 0 Å². The van der Waals surface area contributed by atoms with Crippen molar-refractivity contribution in [3.05, 3.63) is 29.8 Å². The van der Waals surface area contributed by atoms with Crippen LogP contribution in [0.1, 0.15) is 43.0 Å². The van der Waals surface area contributed by atoms with Crippen molar-refractivity contribution < 1.29 is 4.79 Å². The van der Waals surface area contributed by atoms with Crippen molar-refractivity contribution in [2.24, 2.45) is 0 Å². The van der Waals surface area contributed by atoms with E-state index in [0.29, 0.717) is 6.04 Å². The van der Waals surface area contributed by atoms with Crippen LogP contribution in [0.4, 0.5) is 5.69 Å². The summed E-state index contributed by atoms with van der Waals surface area (Å²) in [5.74, 6) is 0. The van der Waals surface area contributed by atoms with Gasteiger partial charge in [0.05, 0.1) is 0 Å². The molecule has 0 aliphatic carbocycles. The molecule has 1 aliphatic heterocycles. The summed E-state index contributed by atoms with van der Waals surface area (Å²) < 4.78 is 0. The fraction of sp³-hybridized carbons (Fsp3) is 0.500. The smallest absolute Gasteiger partial charge is 0.150 e. The molecule has 2 nitrogen and oxygen atoms in total. The molecule has 1 fully saturated rings. The number of piperidine rings is 1. The van der Waals surface area contributed by atoms with Crippen LogP contribution in [0.3, 0.4) is 0 Å². The molecule has 0 saturated carbocycles. The summed E-state index contributed by atoms with van der Waals surface area (Å²) in [6.07, 6.45) is 6.03. The Morgan fingerprint density at radius 2 is 2.06 bits per heavy atom. The van der Waals surface area contributed by atoms with Crippen molar-refractivity contribution >= 4 is 12.0 Å². The molecule has 1 unspecified atom stereocenters. The molecule has 0 spiro atoms. The van der Waals surface area contributed by atoms with E-state index in [9.17, 15) is 4.79 Å². The second-order valence-electron chi connectivity index (χ2n) is 4.46. The molecular weight excluding hydrogens is 198 g/mol. The molecule has 0 N–H and O–H groups in total. The number of anilines is 1. The Bertz CT molecular complexity index is 344. The molecule has 0 radical (unpaired) electrons. The molecule has 0 amide bonds. The number of rotatable bonds is 3. The standard InChI is InChI=1S/C14H19NO/c1-2-13-5-3-4-10-15(13)14-8-6-12(11-16)7-9-14/h6-9,11,13H,2-5,10H2,1H3. The van der Waals surface area contributed by atoms with Crippen LogP contribution in [-0.4, -0.2) is 18.9 Å². The number of hydrogen-bond acceptors (Lipinski definition) is 2. The quantitative estimate of drug-likeness (QED) is 0.724. The van der Waals surface area contributed by atoms with E-state index in [2.05, 4.69) is 24.0 Å². The lowest BCUT2D eigenvalue weighted by atomic mass is 9.99. The molecule has 1 aromatic carbocycles. The van der Waals surface area contributed by atoms with Gasteiger partial charge in [-0.1, -0.05) is 6.92 Å². The van der Waals surface area contributed by atoms with Gasteiger partial charge in [0.25, 0.3) is 0 Å². The van der Waals surface area contributed by atoms with Gasteiger partial charge in [0.2, 0.25) is 0 Å². The van der Waals surface area contributed by atoms with Crippen LogP contribution in [0.25, 0.3) is 0 Å². The molecule has 16 heavy (non-hydrogen) atoms. The molecule has 0 aromatic heterocycles. The Hall–Kier alpha value is -1.31. The summed E-state index contributed by atoms with van der Waals surface area (Å²) in [6.45, 7) is 3.40. The van der Waals surface area contributed by atoms with Gasteiger partial charge in [0.15, 0.2) is 0 Å². The largest absolute Gasteiger partial charge is 0.369 e. The van der Waals surface area contributed by atoms with Crippen molar-refractivity contribution in [3.63, 3.8) is 0 Å². The van der Waals surface area contributed by atoms with Crippen molar-refractivity contribution in [3.8, 4) is 0 Å². The molecule has 1 heterocycles. The lowest BCUT2D eigenvalue weighted by Crippen LogP contribution is -2.39. The number of carbonyl (C=O) groups excluding carboxylic acids is 1. The van der Waals surface area contributed by atoms with Gasteiger partial charge in [0, 0.05) is 23.8 Å². The summed E-state index contributed by atoms with van der Waals surface area (Å²) >= 11 is 0. The second kappa shape index (κ2) is 5.15. The van der Waals surface area contributed by atoms with Crippen molar-refractivity contribution in [1.82, 2.24) is 0 Å². The van der Waals surface area contributed by atoms with E-state index in [1.165, 1.54) is 31.4 Å². The van der Waals surface area contributed by atoms with E-state index in [0.717, 1.165) is 18.4 Å². The molecular formula is C14H19NO. The Morgan fingerprint density at radius 1 is 1.31 bits per heavy atom. The average Bonchev–Trinajstić information content (AvgIpc) is 2.39. The number of benzene rings is 1. The summed E-state index contributed by atoms with van der Waals surface area (Å²) in [4.78, 5) is 13.1. The lowest BCUT2D eigenvalue weighted by molar-refractivity contribution is 0.112. The summed E-state index contributed by atoms with van der Waals surface area (Å²) in [7, 11) is 0. The minimum absolute atomic E-state index is 0.677. The maximum absolute atomic E-state index is 10.6. The molecule has 1 saturated heterocycles. The lowest BCUT2D eigenvalue weighted by Gasteiger charge is -2.37. The highest BCUT2D eigenvalue weighted by molar-refractivity contribution is 5.75. The highest BCUT2D eigenvalue weighted by Crippen LogP contribution is 2.26. The van der Waals surface area contributed by atoms with Crippen molar-refractivity contribution in [2.45, 2.75) is 38.6 Å². The first-order chi connectivity index (χ1) is 7.85. The molecule has 1 aliphatic rings. The van der Waals surface area contributed by atoms with Gasteiger partial charge in [0.1, 0.15) is 6.29 Å². The highest BCUT2D eigenvalue weighted by Gasteiger charge is 2.20. The first-order valence-corrected chi connectivity index (χ1v) is 6.17. The van der Waals surface area contributed by atoms with Crippen LogP contribution in [0.2, 0.25) is 0 Å². The SMILES string of the molecule is CCC1CCCCN1c1ccc(C=O)cc1. The normalized spacial score (nSPS) is 20.8. The van der Waals surface area contributed by atoms with E-state index in [1.54, 1.807) is 0 Å². The minimum Gasteiger partial charge on any atom is -0.369 e.